The molecule has 23 heavy (non-hydrogen) atoms. The van der Waals surface area contributed by atoms with Crippen molar-refractivity contribution >= 4 is 40.0 Å². The average molecular weight is 454 g/mol. The molecule has 0 saturated carbocycles. The van der Waals surface area contributed by atoms with Gasteiger partial charge in [0.05, 0.1) is 6.26 Å². The van der Waals surface area contributed by atoms with E-state index < -0.39 is 15.6 Å². The number of halogens is 1. The first-order valence-electron chi connectivity index (χ1n) is 7.07. The molecular formula is C15H27IN4O2S. The molecule has 0 amide bonds. The van der Waals surface area contributed by atoms with Crippen LogP contribution in [0.5, 0.6) is 0 Å². The molecule has 0 spiro atoms. The second kappa shape index (κ2) is 9.43. The Morgan fingerprint density at radius 3 is 2.30 bits per heavy atom. The van der Waals surface area contributed by atoms with E-state index in [2.05, 4.69) is 27.2 Å². The molecule has 0 unspecified atom stereocenters. The van der Waals surface area contributed by atoms with E-state index >= 15 is 0 Å². The van der Waals surface area contributed by atoms with Crippen molar-refractivity contribution in [2.24, 2.45) is 4.99 Å². The summed E-state index contributed by atoms with van der Waals surface area (Å²) in [6.45, 7) is 4.81. The van der Waals surface area contributed by atoms with E-state index in [1.807, 2.05) is 44.0 Å². The molecule has 0 heterocycles. The highest BCUT2D eigenvalue weighted by atomic mass is 127. The summed E-state index contributed by atoms with van der Waals surface area (Å²) in [6.07, 6.45) is 1.16. The lowest BCUT2D eigenvalue weighted by atomic mass is 10.1. The summed E-state index contributed by atoms with van der Waals surface area (Å²) in [4.78, 5) is 6.23. The fourth-order valence-electron chi connectivity index (χ4n) is 2.15. The minimum atomic E-state index is -3.25. The van der Waals surface area contributed by atoms with Crippen LogP contribution in [0.25, 0.3) is 0 Å². The van der Waals surface area contributed by atoms with Crippen molar-refractivity contribution in [3.63, 3.8) is 0 Å². The molecule has 1 aromatic rings. The predicted octanol–water partition coefficient (Wildman–Crippen LogP) is 1.64. The van der Waals surface area contributed by atoms with Crippen LogP contribution in [0.3, 0.4) is 0 Å². The van der Waals surface area contributed by atoms with Crippen molar-refractivity contribution in [3.05, 3.63) is 35.9 Å². The van der Waals surface area contributed by atoms with Crippen molar-refractivity contribution < 1.29 is 8.42 Å². The van der Waals surface area contributed by atoms with Gasteiger partial charge in [-0.2, -0.15) is 0 Å². The minimum absolute atomic E-state index is 0. The normalized spacial score (nSPS) is 12.5. The molecule has 6 nitrogen and oxygen atoms in total. The van der Waals surface area contributed by atoms with E-state index in [9.17, 15) is 8.42 Å². The Labute approximate surface area is 156 Å². The van der Waals surface area contributed by atoms with Gasteiger partial charge in [-0.25, -0.2) is 13.1 Å². The number of guanidine groups is 1. The number of benzene rings is 1. The third kappa shape index (κ3) is 9.11. The molecule has 0 bridgehead atoms. The van der Waals surface area contributed by atoms with Crippen molar-refractivity contribution in [1.82, 2.24) is 14.9 Å². The molecule has 1 aromatic carbocycles. The lowest BCUT2D eigenvalue weighted by Gasteiger charge is -2.29. The van der Waals surface area contributed by atoms with E-state index in [1.165, 1.54) is 5.56 Å². The summed E-state index contributed by atoms with van der Waals surface area (Å²) < 4.78 is 25.3. The van der Waals surface area contributed by atoms with Gasteiger partial charge in [-0.1, -0.05) is 30.3 Å². The topological polar surface area (TPSA) is 73.8 Å². The Morgan fingerprint density at radius 1 is 1.26 bits per heavy atom. The predicted molar refractivity (Wildman–Crippen MR) is 107 cm³/mol. The fourth-order valence-corrected chi connectivity index (χ4v) is 3.23. The summed E-state index contributed by atoms with van der Waals surface area (Å²) in [5.74, 6) is 0.715. The number of aliphatic imine (C=N–C) groups is 1. The maximum atomic E-state index is 11.4. The van der Waals surface area contributed by atoms with Gasteiger partial charge in [-0.15, -0.1) is 24.0 Å². The Balaban J connectivity index is 0.00000484. The largest absolute Gasteiger partial charge is 0.354 e. The smallest absolute Gasteiger partial charge is 0.209 e. The first kappa shape index (κ1) is 22.1. The van der Waals surface area contributed by atoms with Crippen LogP contribution in [0.15, 0.2) is 35.3 Å². The molecule has 132 valence electrons. The van der Waals surface area contributed by atoms with Crippen LogP contribution in [-0.2, 0) is 16.6 Å². The van der Waals surface area contributed by atoms with Gasteiger partial charge in [0.15, 0.2) is 5.96 Å². The van der Waals surface area contributed by atoms with Crippen LogP contribution in [0.1, 0.15) is 19.4 Å². The molecule has 8 heteroatoms. The molecule has 1 rings (SSSR count). The van der Waals surface area contributed by atoms with Crippen LogP contribution in [-0.4, -0.2) is 51.7 Å². The van der Waals surface area contributed by atoms with Gasteiger partial charge in [-0.05, 0) is 19.4 Å². The molecular weight excluding hydrogens is 427 g/mol. The van der Waals surface area contributed by atoms with Gasteiger partial charge in [0, 0.05) is 32.7 Å². The van der Waals surface area contributed by atoms with Crippen molar-refractivity contribution in [2.75, 3.05) is 26.9 Å². The number of sulfonamides is 1. The number of hydrogen-bond donors (Lipinski definition) is 2. The van der Waals surface area contributed by atoms with Gasteiger partial charge in [0.2, 0.25) is 10.0 Å². The summed E-state index contributed by atoms with van der Waals surface area (Å²) in [6, 6.07) is 10.1. The zero-order chi connectivity index (χ0) is 16.8. The molecule has 0 radical (unpaired) electrons. The Bertz CT molecular complexity index is 603. The number of rotatable bonds is 6. The van der Waals surface area contributed by atoms with Crippen molar-refractivity contribution in [3.8, 4) is 0 Å². The molecule has 0 atom stereocenters. The van der Waals surface area contributed by atoms with Crippen molar-refractivity contribution in [2.45, 2.75) is 25.9 Å². The van der Waals surface area contributed by atoms with E-state index in [-0.39, 0.29) is 24.0 Å². The highest BCUT2D eigenvalue weighted by Gasteiger charge is 2.22. The van der Waals surface area contributed by atoms with Crippen molar-refractivity contribution in [1.29, 1.82) is 0 Å². The second-order valence-corrected chi connectivity index (χ2v) is 7.75. The SMILES string of the molecule is CN=C(NCC(C)(C)NS(C)(=O)=O)N(C)Cc1ccccc1.I. The highest BCUT2D eigenvalue weighted by molar-refractivity contribution is 14.0. The van der Waals surface area contributed by atoms with Crippen LogP contribution in [0.2, 0.25) is 0 Å². The zero-order valence-corrected chi connectivity index (χ0v) is 17.5. The summed E-state index contributed by atoms with van der Waals surface area (Å²) in [7, 11) is 0.404. The van der Waals surface area contributed by atoms with Crippen LogP contribution in [0, 0.1) is 0 Å². The molecule has 0 aliphatic rings. The standard InChI is InChI=1S/C15H26N4O2S.HI/c1-15(2,18-22(5,20)21)12-17-14(16-3)19(4)11-13-9-7-6-8-10-13;/h6-10,18H,11-12H2,1-5H3,(H,16,17);1H. The molecule has 0 aromatic heterocycles. The van der Waals surface area contributed by atoms with Crippen LogP contribution < -0.4 is 10.0 Å². The highest BCUT2D eigenvalue weighted by Crippen LogP contribution is 2.05. The third-order valence-corrected chi connectivity index (χ3v) is 3.91. The van der Waals surface area contributed by atoms with Gasteiger partial charge in [-0.3, -0.25) is 4.99 Å². The number of nitrogens with zero attached hydrogens (tertiary/aromatic N) is 2. The average Bonchev–Trinajstić information content (AvgIpc) is 2.37. The number of nitrogens with one attached hydrogen (secondary N) is 2. The van der Waals surface area contributed by atoms with Gasteiger partial charge >= 0.3 is 0 Å². The van der Waals surface area contributed by atoms with E-state index in [0.717, 1.165) is 12.8 Å². The van der Waals surface area contributed by atoms with E-state index in [4.69, 9.17) is 0 Å². The molecule has 0 aliphatic carbocycles. The minimum Gasteiger partial charge on any atom is -0.354 e. The maximum Gasteiger partial charge on any atom is 0.209 e. The van der Waals surface area contributed by atoms with Crippen LogP contribution >= 0.6 is 24.0 Å². The van der Waals surface area contributed by atoms with E-state index in [1.54, 1.807) is 7.05 Å². The molecule has 2 N–H and O–H groups in total. The Hall–Kier alpha value is -0.870. The second-order valence-electron chi connectivity index (χ2n) is 6.00. The van der Waals surface area contributed by atoms with Gasteiger partial charge in [0.1, 0.15) is 0 Å². The molecule has 0 aliphatic heterocycles. The van der Waals surface area contributed by atoms with Crippen LogP contribution in [0.4, 0.5) is 0 Å². The summed E-state index contributed by atoms with van der Waals surface area (Å²) in [5.41, 5.74) is 0.582. The quantitative estimate of drug-likeness (QED) is 0.390. The molecule has 0 saturated heterocycles. The Morgan fingerprint density at radius 2 is 1.83 bits per heavy atom. The summed E-state index contributed by atoms with van der Waals surface area (Å²) in [5, 5.41) is 3.20. The zero-order valence-electron chi connectivity index (χ0n) is 14.3. The molecule has 0 fully saturated rings. The lowest BCUT2D eigenvalue weighted by molar-refractivity contribution is 0.422. The van der Waals surface area contributed by atoms with E-state index in [0.29, 0.717) is 12.5 Å². The first-order chi connectivity index (χ1) is 10.1. The van der Waals surface area contributed by atoms with Gasteiger partial charge < -0.3 is 10.2 Å². The maximum absolute atomic E-state index is 11.4. The monoisotopic (exact) mass is 454 g/mol. The summed E-state index contributed by atoms with van der Waals surface area (Å²) >= 11 is 0. The van der Waals surface area contributed by atoms with Gasteiger partial charge in [0.25, 0.3) is 0 Å². The Kier molecular flexibility index (Phi) is 9.07. The lowest BCUT2D eigenvalue weighted by Crippen LogP contribution is -2.53. The first-order valence-corrected chi connectivity index (χ1v) is 8.97. The number of hydrogen-bond acceptors (Lipinski definition) is 3. The fraction of sp³-hybridized carbons (Fsp3) is 0.533. The third-order valence-electron chi connectivity index (χ3n) is 2.99.